The summed E-state index contributed by atoms with van der Waals surface area (Å²) in [6.07, 6.45) is 5.42. The molecular weight excluding hydrogens is 300 g/mol. The molecule has 2 aromatic heterocycles. The van der Waals surface area contributed by atoms with Crippen LogP contribution in [-0.4, -0.2) is 20.3 Å². The van der Waals surface area contributed by atoms with E-state index in [2.05, 4.69) is 28.3 Å². The van der Waals surface area contributed by atoms with E-state index < -0.39 is 5.60 Å². The van der Waals surface area contributed by atoms with Gasteiger partial charge in [-0.15, -0.1) is 0 Å². The quantitative estimate of drug-likeness (QED) is 0.745. The number of aromatic nitrogens is 2. The van der Waals surface area contributed by atoms with Crippen molar-refractivity contribution in [1.82, 2.24) is 9.55 Å². The second-order valence-corrected chi connectivity index (χ2v) is 6.24. The molecule has 0 unspecified atom stereocenters. The predicted molar refractivity (Wildman–Crippen MR) is 93.4 cm³/mol. The van der Waals surface area contributed by atoms with Crippen LogP contribution in [0.2, 0.25) is 0 Å². The Balaban J connectivity index is 1.88. The molecule has 1 atom stereocenters. The van der Waals surface area contributed by atoms with Gasteiger partial charge in [0.2, 0.25) is 0 Å². The first kappa shape index (κ1) is 16.1. The summed E-state index contributed by atoms with van der Waals surface area (Å²) >= 11 is 0. The Bertz CT molecular complexity index is 857. The Morgan fingerprint density at radius 2 is 1.96 bits per heavy atom. The maximum atomic E-state index is 9.68. The number of benzene rings is 1. The Morgan fingerprint density at radius 1 is 1.21 bits per heavy atom. The minimum atomic E-state index is -0.993. The zero-order chi connectivity index (χ0) is 17.2. The van der Waals surface area contributed by atoms with Crippen LogP contribution in [-0.2, 0) is 0 Å². The summed E-state index contributed by atoms with van der Waals surface area (Å²) in [4.78, 5) is 4.48. The van der Waals surface area contributed by atoms with Crippen molar-refractivity contribution in [3.05, 3.63) is 66.4 Å². The van der Waals surface area contributed by atoms with Crippen molar-refractivity contribution < 1.29 is 9.52 Å². The maximum absolute atomic E-state index is 9.68. The van der Waals surface area contributed by atoms with Gasteiger partial charge in [-0.3, -0.25) is 0 Å². The van der Waals surface area contributed by atoms with Gasteiger partial charge in [0.15, 0.2) is 0 Å². The van der Waals surface area contributed by atoms with Crippen LogP contribution in [0.4, 0.5) is 0 Å². The normalized spacial score (nSPS) is 12.5. The molecule has 0 aliphatic rings. The summed E-state index contributed by atoms with van der Waals surface area (Å²) in [5.74, 6) is 7.55. The van der Waals surface area contributed by atoms with Crippen molar-refractivity contribution in [2.75, 3.05) is 0 Å². The molecule has 0 aliphatic carbocycles. The van der Waals surface area contributed by atoms with E-state index in [0.717, 1.165) is 22.7 Å². The number of hydrogen-bond donors (Lipinski definition) is 1. The van der Waals surface area contributed by atoms with E-state index in [4.69, 9.17) is 4.42 Å². The number of nitrogens with zero attached hydrogens (tertiary/aromatic N) is 2. The molecule has 0 bridgehead atoms. The number of rotatable bonds is 3. The Morgan fingerprint density at radius 3 is 2.58 bits per heavy atom. The monoisotopic (exact) mass is 320 g/mol. The van der Waals surface area contributed by atoms with Crippen LogP contribution in [0.15, 0.2) is 59.5 Å². The molecule has 0 saturated heterocycles. The molecule has 24 heavy (non-hydrogen) atoms. The van der Waals surface area contributed by atoms with Crippen molar-refractivity contribution in [3.63, 3.8) is 0 Å². The fraction of sp³-hybridized carbons (Fsp3) is 0.250. The minimum absolute atomic E-state index is 0.0622. The highest BCUT2D eigenvalue weighted by Crippen LogP contribution is 2.25. The van der Waals surface area contributed by atoms with Gasteiger partial charge >= 0.3 is 0 Å². The fourth-order valence-corrected chi connectivity index (χ4v) is 2.44. The van der Waals surface area contributed by atoms with Gasteiger partial charge in [-0.2, -0.15) is 0 Å². The molecule has 0 amide bonds. The van der Waals surface area contributed by atoms with E-state index in [1.165, 1.54) is 0 Å². The van der Waals surface area contributed by atoms with E-state index >= 15 is 0 Å². The van der Waals surface area contributed by atoms with Crippen LogP contribution in [0.25, 0.3) is 11.4 Å². The summed E-state index contributed by atoms with van der Waals surface area (Å²) in [6.45, 7) is 5.41. The van der Waals surface area contributed by atoms with Gasteiger partial charge in [-0.25, -0.2) is 4.98 Å². The summed E-state index contributed by atoms with van der Waals surface area (Å²) in [7, 11) is 0. The number of hydrogen-bond acceptors (Lipinski definition) is 3. The lowest BCUT2D eigenvalue weighted by molar-refractivity contribution is 0.143. The smallest absolute Gasteiger partial charge is 0.140 e. The molecule has 122 valence electrons. The lowest BCUT2D eigenvalue weighted by Crippen LogP contribution is -2.14. The molecule has 0 saturated carbocycles. The summed E-state index contributed by atoms with van der Waals surface area (Å²) in [6, 6.07) is 11.8. The van der Waals surface area contributed by atoms with Crippen molar-refractivity contribution in [2.24, 2.45) is 0 Å². The summed E-state index contributed by atoms with van der Waals surface area (Å²) in [5.41, 5.74) is 0.873. The molecule has 3 rings (SSSR count). The van der Waals surface area contributed by atoms with Crippen molar-refractivity contribution in [2.45, 2.75) is 32.4 Å². The lowest BCUT2D eigenvalue weighted by atomic mass is 10.1. The van der Waals surface area contributed by atoms with Gasteiger partial charge in [0.25, 0.3) is 0 Å². The van der Waals surface area contributed by atoms with Crippen molar-refractivity contribution >= 4 is 0 Å². The van der Waals surface area contributed by atoms with Crippen LogP contribution in [0.5, 0.6) is 0 Å². The summed E-state index contributed by atoms with van der Waals surface area (Å²) < 4.78 is 7.58. The fourth-order valence-electron chi connectivity index (χ4n) is 2.44. The van der Waals surface area contributed by atoms with Crippen LogP contribution < -0.4 is 0 Å². The molecule has 2 heterocycles. The van der Waals surface area contributed by atoms with Gasteiger partial charge in [-0.1, -0.05) is 24.0 Å². The minimum Gasteiger partial charge on any atom is -0.467 e. The highest BCUT2D eigenvalue weighted by atomic mass is 16.3. The molecular formula is C20H20N2O2. The van der Waals surface area contributed by atoms with E-state index in [1.807, 2.05) is 42.6 Å². The zero-order valence-corrected chi connectivity index (χ0v) is 14.0. The van der Waals surface area contributed by atoms with Crippen LogP contribution in [0.3, 0.4) is 0 Å². The first-order valence-corrected chi connectivity index (χ1v) is 7.86. The Hall–Kier alpha value is -2.77. The average molecular weight is 320 g/mol. The second-order valence-electron chi connectivity index (χ2n) is 6.24. The maximum Gasteiger partial charge on any atom is 0.140 e. The zero-order valence-electron chi connectivity index (χ0n) is 14.0. The Kier molecular flexibility index (Phi) is 4.28. The molecule has 0 fully saturated rings. The second kappa shape index (κ2) is 6.38. The Labute approximate surface area is 141 Å². The molecule has 0 spiro atoms. The predicted octanol–water partition coefficient (Wildman–Crippen LogP) is 3.87. The first-order valence-electron chi connectivity index (χ1n) is 7.86. The van der Waals surface area contributed by atoms with E-state index in [1.54, 1.807) is 26.3 Å². The van der Waals surface area contributed by atoms with Gasteiger partial charge < -0.3 is 14.1 Å². The van der Waals surface area contributed by atoms with Crippen molar-refractivity contribution in [1.29, 1.82) is 0 Å². The average Bonchev–Trinajstić information content (AvgIpc) is 3.23. The number of aliphatic hydroxyl groups is 1. The van der Waals surface area contributed by atoms with E-state index in [9.17, 15) is 5.11 Å². The lowest BCUT2D eigenvalue weighted by Gasteiger charge is -2.14. The molecule has 1 aromatic carbocycles. The molecule has 1 N–H and O–H groups in total. The first-order chi connectivity index (χ1) is 11.4. The largest absolute Gasteiger partial charge is 0.467 e. The highest BCUT2D eigenvalue weighted by molar-refractivity contribution is 5.58. The van der Waals surface area contributed by atoms with Gasteiger partial charge in [0.05, 0.1) is 12.3 Å². The number of furan rings is 1. The molecule has 4 nitrogen and oxygen atoms in total. The molecule has 0 aliphatic heterocycles. The third-order valence-corrected chi connectivity index (χ3v) is 3.70. The molecule has 0 radical (unpaired) electrons. The topological polar surface area (TPSA) is 51.2 Å². The molecule has 3 aromatic rings. The van der Waals surface area contributed by atoms with Gasteiger partial charge in [-0.05, 0) is 45.0 Å². The molecule has 4 heteroatoms. The summed E-state index contributed by atoms with van der Waals surface area (Å²) in [5, 5.41) is 9.68. The standard InChI is InChI=1S/C20H20N2O2/c1-15(18-5-4-14-24-18)22-13-12-21-19(22)17-8-6-16(7-9-17)10-11-20(2,3)23/h4-9,12-15,23H,1-3H3/t15-/m0/s1. The van der Waals surface area contributed by atoms with Gasteiger partial charge in [0.1, 0.15) is 17.2 Å². The van der Waals surface area contributed by atoms with Crippen LogP contribution in [0.1, 0.15) is 38.1 Å². The van der Waals surface area contributed by atoms with E-state index in [0.29, 0.717) is 0 Å². The third kappa shape index (κ3) is 3.58. The van der Waals surface area contributed by atoms with Gasteiger partial charge in [0, 0.05) is 23.5 Å². The van der Waals surface area contributed by atoms with E-state index in [-0.39, 0.29) is 6.04 Å². The SMILES string of the molecule is C[C@@H](c1ccco1)n1ccnc1-c1ccc(C#CC(C)(C)O)cc1. The van der Waals surface area contributed by atoms with Crippen LogP contribution >= 0.6 is 0 Å². The van der Waals surface area contributed by atoms with Crippen molar-refractivity contribution in [3.8, 4) is 23.2 Å². The van der Waals surface area contributed by atoms with Crippen LogP contribution in [0, 0.1) is 11.8 Å². The third-order valence-electron chi connectivity index (χ3n) is 3.70. The number of imidazole rings is 1. The highest BCUT2D eigenvalue weighted by Gasteiger charge is 2.15.